The lowest BCUT2D eigenvalue weighted by Gasteiger charge is -2.12. The predicted molar refractivity (Wildman–Crippen MR) is 99.9 cm³/mol. The maximum Gasteiger partial charge on any atom is 0.261 e. The largest absolute Gasteiger partial charge is 0.497 e. The number of methoxy groups -OCH3 is 1. The summed E-state index contributed by atoms with van der Waals surface area (Å²) >= 11 is 6.17. The van der Waals surface area contributed by atoms with Crippen molar-refractivity contribution in [3.8, 4) is 5.75 Å². The summed E-state index contributed by atoms with van der Waals surface area (Å²) in [5.41, 5.74) is 0.951. The van der Waals surface area contributed by atoms with E-state index in [0.29, 0.717) is 27.4 Å². The van der Waals surface area contributed by atoms with Crippen LogP contribution in [0.4, 0.5) is 5.69 Å². The second kappa shape index (κ2) is 7.19. The van der Waals surface area contributed by atoms with Crippen molar-refractivity contribution in [2.75, 3.05) is 11.8 Å². The molecular weight excluding hydrogens is 378 g/mol. The van der Waals surface area contributed by atoms with Crippen LogP contribution in [0.1, 0.15) is 5.69 Å². The van der Waals surface area contributed by atoms with Crippen LogP contribution in [0.15, 0.2) is 58.6 Å². The highest BCUT2D eigenvalue weighted by Crippen LogP contribution is 2.30. The first-order valence-corrected chi connectivity index (χ1v) is 9.24. The molecule has 0 saturated carbocycles. The number of hydrogen-bond acceptors (Lipinski definition) is 6. The molecule has 1 aromatic heterocycles. The van der Waals surface area contributed by atoms with Gasteiger partial charge in [0.1, 0.15) is 5.75 Å². The van der Waals surface area contributed by atoms with Crippen LogP contribution in [0, 0.1) is 0 Å². The summed E-state index contributed by atoms with van der Waals surface area (Å²) in [4.78, 5) is 4.37. The second-order valence-corrected chi connectivity index (χ2v) is 7.34. The Balaban J connectivity index is 2.06. The van der Waals surface area contributed by atoms with Crippen molar-refractivity contribution in [3.63, 3.8) is 0 Å². The van der Waals surface area contributed by atoms with Crippen molar-refractivity contribution in [2.24, 2.45) is 5.16 Å². The molecule has 2 N–H and O–H groups in total. The highest BCUT2D eigenvalue weighted by molar-refractivity contribution is 7.92. The number of halogens is 1. The number of benzene rings is 2. The standard InChI is InChI=1S/C17H14ClN3O4S/c1-25-12-3-5-13(6-4-12)26(23,24)21-16-9-8-15(18)14-7-2-11(10-19-22)20-17(14)16/h2-10,21-22H,1H3/b19-10+. The van der Waals surface area contributed by atoms with Crippen LogP contribution in [-0.4, -0.2) is 31.9 Å². The third-order valence-electron chi connectivity index (χ3n) is 3.63. The molecule has 9 heteroatoms. The van der Waals surface area contributed by atoms with E-state index in [2.05, 4.69) is 14.9 Å². The molecule has 0 amide bonds. The zero-order chi connectivity index (χ0) is 18.7. The van der Waals surface area contributed by atoms with Crippen LogP contribution in [0.3, 0.4) is 0 Å². The van der Waals surface area contributed by atoms with E-state index in [1.807, 2.05) is 0 Å². The number of oxime groups is 1. The van der Waals surface area contributed by atoms with Crippen LogP contribution in [0.25, 0.3) is 10.9 Å². The molecule has 2 aromatic carbocycles. The Morgan fingerprint density at radius 2 is 1.88 bits per heavy atom. The Labute approximate surface area is 154 Å². The van der Waals surface area contributed by atoms with Crippen molar-refractivity contribution in [1.82, 2.24) is 4.98 Å². The highest BCUT2D eigenvalue weighted by atomic mass is 35.5. The van der Waals surface area contributed by atoms with Gasteiger partial charge in [0.25, 0.3) is 10.0 Å². The Morgan fingerprint density at radius 1 is 1.15 bits per heavy atom. The number of fused-ring (bicyclic) bond motifs is 1. The van der Waals surface area contributed by atoms with E-state index >= 15 is 0 Å². The molecule has 134 valence electrons. The topological polar surface area (TPSA) is 101 Å². The summed E-state index contributed by atoms with van der Waals surface area (Å²) in [7, 11) is -2.34. The van der Waals surface area contributed by atoms with Crippen LogP contribution in [-0.2, 0) is 10.0 Å². The van der Waals surface area contributed by atoms with Gasteiger partial charge in [-0.15, -0.1) is 0 Å². The Bertz CT molecular complexity index is 1080. The maximum atomic E-state index is 12.7. The fourth-order valence-corrected chi connectivity index (χ4v) is 3.65. The molecule has 0 radical (unpaired) electrons. The third-order valence-corrected chi connectivity index (χ3v) is 5.34. The molecule has 0 bridgehead atoms. The Hall–Kier alpha value is -2.84. The molecule has 0 spiro atoms. The van der Waals surface area contributed by atoms with Crippen molar-refractivity contribution in [1.29, 1.82) is 0 Å². The van der Waals surface area contributed by atoms with Gasteiger partial charge in [0.2, 0.25) is 0 Å². The monoisotopic (exact) mass is 391 g/mol. The molecule has 0 saturated heterocycles. The number of sulfonamides is 1. The molecule has 0 aliphatic heterocycles. The van der Waals surface area contributed by atoms with Gasteiger partial charge in [-0.3, -0.25) is 4.72 Å². The smallest absolute Gasteiger partial charge is 0.261 e. The predicted octanol–water partition coefficient (Wildman–Crippen LogP) is 3.51. The summed E-state index contributed by atoms with van der Waals surface area (Å²) in [6.07, 6.45) is 1.14. The molecule has 3 aromatic rings. The van der Waals surface area contributed by atoms with Crippen LogP contribution in [0.5, 0.6) is 5.75 Å². The lowest BCUT2D eigenvalue weighted by molar-refractivity contribution is 0.321. The van der Waals surface area contributed by atoms with Crippen LogP contribution >= 0.6 is 11.6 Å². The quantitative estimate of drug-likeness (QED) is 0.394. The SMILES string of the molecule is COc1ccc(S(=O)(=O)Nc2ccc(Cl)c3ccc(/C=N/O)nc23)cc1. The van der Waals surface area contributed by atoms with Crippen LogP contribution in [0.2, 0.25) is 5.02 Å². The summed E-state index contributed by atoms with van der Waals surface area (Å²) in [6.45, 7) is 0. The third kappa shape index (κ3) is 3.56. The average Bonchev–Trinajstić information content (AvgIpc) is 2.64. The van der Waals surface area contributed by atoms with Gasteiger partial charge in [0.05, 0.1) is 40.1 Å². The van der Waals surface area contributed by atoms with E-state index in [4.69, 9.17) is 21.5 Å². The number of rotatable bonds is 5. The number of anilines is 1. The van der Waals surface area contributed by atoms with E-state index in [0.717, 1.165) is 6.21 Å². The number of nitrogens with zero attached hydrogens (tertiary/aromatic N) is 2. The summed E-state index contributed by atoms with van der Waals surface area (Å²) in [5, 5.41) is 12.6. The van der Waals surface area contributed by atoms with Crippen molar-refractivity contribution in [2.45, 2.75) is 4.90 Å². The summed E-state index contributed by atoms with van der Waals surface area (Å²) in [5.74, 6) is 0.551. The van der Waals surface area contributed by atoms with Crippen molar-refractivity contribution >= 4 is 44.4 Å². The van der Waals surface area contributed by atoms with Crippen molar-refractivity contribution < 1.29 is 18.4 Å². The van der Waals surface area contributed by atoms with Gasteiger partial charge in [-0.2, -0.15) is 0 Å². The minimum atomic E-state index is -3.84. The fourth-order valence-electron chi connectivity index (χ4n) is 2.37. The van der Waals surface area contributed by atoms with E-state index in [1.54, 1.807) is 30.3 Å². The van der Waals surface area contributed by atoms with Gasteiger partial charge >= 0.3 is 0 Å². The molecule has 0 unspecified atom stereocenters. The maximum absolute atomic E-state index is 12.7. The van der Waals surface area contributed by atoms with Gasteiger partial charge in [-0.25, -0.2) is 13.4 Å². The molecule has 0 aliphatic rings. The van der Waals surface area contributed by atoms with Crippen molar-refractivity contribution in [3.05, 3.63) is 59.2 Å². The van der Waals surface area contributed by atoms with Gasteiger partial charge in [0, 0.05) is 5.39 Å². The second-order valence-electron chi connectivity index (χ2n) is 5.25. The van der Waals surface area contributed by atoms with Gasteiger partial charge < -0.3 is 9.94 Å². The molecule has 7 nitrogen and oxygen atoms in total. The normalized spacial score (nSPS) is 11.8. The van der Waals surface area contributed by atoms with Gasteiger partial charge in [-0.05, 0) is 48.5 Å². The number of nitrogens with one attached hydrogen (secondary N) is 1. The Kier molecular flexibility index (Phi) is 4.97. The first-order chi connectivity index (χ1) is 12.4. The van der Waals surface area contributed by atoms with E-state index in [1.165, 1.54) is 25.3 Å². The summed E-state index contributed by atoms with van der Waals surface area (Å²) in [6, 6.07) is 12.4. The number of hydrogen-bond donors (Lipinski definition) is 2. The molecular formula is C17H14ClN3O4S. The average molecular weight is 392 g/mol. The van der Waals surface area contributed by atoms with Gasteiger partial charge in [0.15, 0.2) is 0 Å². The highest BCUT2D eigenvalue weighted by Gasteiger charge is 2.17. The molecule has 0 aliphatic carbocycles. The Morgan fingerprint density at radius 3 is 2.54 bits per heavy atom. The zero-order valence-electron chi connectivity index (χ0n) is 13.5. The van der Waals surface area contributed by atoms with E-state index in [-0.39, 0.29) is 10.6 Å². The minimum Gasteiger partial charge on any atom is -0.497 e. The van der Waals surface area contributed by atoms with Gasteiger partial charge in [-0.1, -0.05) is 16.8 Å². The lowest BCUT2D eigenvalue weighted by Crippen LogP contribution is -2.13. The number of aromatic nitrogens is 1. The minimum absolute atomic E-state index is 0.0782. The number of pyridine rings is 1. The molecule has 1 heterocycles. The lowest BCUT2D eigenvalue weighted by atomic mass is 10.2. The first kappa shape index (κ1) is 18.0. The molecule has 3 rings (SSSR count). The van der Waals surface area contributed by atoms with E-state index in [9.17, 15) is 8.42 Å². The molecule has 26 heavy (non-hydrogen) atoms. The summed E-state index contributed by atoms with van der Waals surface area (Å²) < 4.78 is 32.9. The first-order valence-electron chi connectivity index (χ1n) is 7.38. The van der Waals surface area contributed by atoms with Crippen LogP contribution < -0.4 is 9.46 Å². The molecule has 0 fully saturated rings. The van der Waals surface area contributed by atoms with E-state index < -0.39 is 10.0 Å². The molecule has 0 atom stereocenters. The fraction of sp³-hybridized carbons (Fsp3) is 0.0588. The zero-order valence-corrected chi connectivity index (χ0v) is 15.1. The number of ether oxygens (including phenoxy) is 1.